The van der Waals surface area contributed by atoms with Gasteiger partial charge in [0.05, 0.1) is 17.8 Å². The highest BCUT2D eigenvalue weighted by molar-refractivity contribution is 5.63. The van der Waals surface area contributed by atoms with Gasteiger partial charge in [-0.1, -0.05) is 48.5 Å². The molecule has 0 unspecified atom stereocenters. The van der Waals surface area contributed by atoms with Crippen LogP contribution in [-0.4, -0.2) is 20.2 Å². The zero-order valence-electron chi connectivity index (χ0n) is 21.0. The Morgan fingerprint density at radius 1 is 1.05 bits per heavy atom. The van der Waals surface area contributed by atoms with Crippen molar-refractivity contribution in [2.45, 2.75) is 37.9 Å². The van der Waals surface area contributed by atoms with Crippen LogP contribution in [0.15, 0.2) is 82.6 Å². The van der Waals surface area contributed by atoms with Crippen LogP contribution in [0.2, 0.25) is 0 Å². The summed E-state index contributed by atoms with van der Waals surface area (Å²) in [4.78, 5) is 22.3. The Kier molecular flexibility index (Phi) is 6.11. The predicted octanol–water partition coefficient (Wildman–Crippen LogP) is 2.56. The van der Waals surface area contributed by atoms with E-state index in [2.05, 4.69) is 15.6 Å². The van der Waals surface area contributed by atoms with E-state index in [9.17, 15) is 9.18 Å². The molecular formula is C29H28FN7O. The minimum Gasteiger partial charge on any atom is -0.367 e. The van der Waals surface area contributed by atoms with Crippen molar-refractivity contribution in [3.63, 3.8) is 0 Å². The van der Waals surface area contributed by atoms with Gasteiger partial charge >= 0.3 is 0 Å². The van der Waals surface area contributed by atoms with Crippen LogP contribution < -0.4 is 32.5 Å². The van der Waals surface area contributed by atoms with Crippen LogP contribution in [0, 0.1) is 11.4 Å². The van der Waals surface area contributed by atoms with E-state index in [0.29, 0.717) is 23.7 Å². The molecule has 2 atom stereocenters. The molecule has 0 amide bonds. The molecule has 1 saturated carbocycles. The highest BCUT2D eigenvalue weighted by Crippen LogP contribution is 2.32. The number of aromatic nitrogens is 3. The summed E-state index contributed by atoms with van der Waals surface area (Å²) >= 11 is 0. The van der Waals surface area contributed by atoms with Gasteiger partial charge < -0.3 is 10.6 Å². The summed E-state index contributed by atoms with van der Waals surface area (Å²) in [5.41, 5.74) is 3.60. The first-order valence-corrected chi connectivity index (χ1v) is 12.8. The van der Waals surface area contributed by atoms with Crippen LogP contribution in [0.25, 0.3) is 17.1 Å². The van der Waals surface area contributed by atoms with Crippen molar-refractivity contribution in [3.8, 4) is 11.3 Å². The SMILES string of the molecule is Cn1c(=O)c(=C(NCc2ccc(-c3cccc(F)n3)cc2)Nc2ccccc2)c(=N)n2c1=N[C@@H]1CCC[C@@H]12. The zero-order valence-corrected chi connectivity index (χ0v) is 21.0. The molecule has 4 aromatic rings. The predicted molar refractivity (Wildman–Crippen MR) is 143 cm³/mol. The number of fused-ring (bicyclic) bond motifs is 3. The van der Waals surface area contributed by atoms with Crippen molar-refractivity contribution in [1.29, 1.82) is 5.41 Å². The third kappa shape index (κ3) is 4.30. The van der Waals surface area contributed by atoms with E-state index in [1.165, 1.54) is 6.07 Å². The number of hydrogen-bond acceptors (Lipinski definition) is 6. The molecule has 1 aliphatic heterocycles. The van der Waals surface area contributed by atoms with Crippen molar-refractivity contribution in [1.82, 2.24) is 19.4 Å². The topological polar surface area (TPSA) is 100 Å². The van der Waals surface area contributed by atoms with Crippen molar-refractivity contribution in [2.24, 2.45) is 12.0 Å². The van der Waals surface area contributed by atoms with Gasteiger partial charge in [0, 0.05) is 24.8 Å². The quantitative estimate of drug-likeness (QED) is 0.348. The van der Waals surface area contributed by atoms with Crippen molar-refractivity contribution in [3.05, 3.63) is 111 Å². The summed E-state index contributed by atoms with van der Waals surface area (Å²) in [6, 6.07) is 22.2. The highest BCUT2D eigenvalue weighted by atomic mass is 19.1. The first kappa shape index (κ1) is 23.8. The molecule has 2 aliphatic rings. The van der Waals surface area contributed by atoms with Crippen LogP contribution in [0.5, 0.6) is 0 Å². The molecule has 0 spiro atoms. The molecule has 3 N–H and O–H groups in total. The van der Waals surface area contributed by atoms with Crippen LogP contribution in [0.1, 0.15) is 30.9 Å². The fourth-order valence-corrected chi connectivity index (χ4v) is 5.36. The Labute approximate surface area is 218 Å². The average Bonchev–Trinajstić information content (AvgIpc) is 3.53. The van der Waals surface area contributed by atoms with Gasteiger partial charge in [-0.25, -0.2) is 9.98 Å². The van der Waals surface area contributed by atoms with Gasteiger partial charge in [0.15, 0.2) is 0 Å². The zero-order chi connectivity index (χ0) is 26.2. The lowest BCUT2D eigenvalue weighted by atomic mass is 10.1. The van der Waals surface area contributed by atoms with Gasteiger partial charge in [-0.2, -0.15) is 4.39 Å². The molecule has 1 aliphatic carbocycles. The Hall–Kier alpha value is -4.53. The first-order valence-electron chi connectivity index (χ1n) is 12.8. The maximum atomic E-state index is 13.6. The highest BCUT2D eigenvalue weighted by Gasteiger charge is 2.34. The molecule has 3 heterocycles. The Bertz CT molecular complexity index is 1740. The van der Waals surface area contributed by atoms with Gasteiger partial charge in [0.25, 0.3) is 5.56 Å². The molecule has 0 bridgehead atoms. The van der Waals surface area contributed by atoms with Gasteiger partial charge in [-0.15, -0.1) is 0 Å². The van der Waals surface area contributed by atoms with E-state index in [4.69, 9.17) is 10.4 Å². The lowest BCUT2D eigenvalue weighted by molar-refractivity contribution is 0.465. The second-order valence-electron chi connectivity index (χ2n) is 9.71. The van der Waals surface area contributed by atoms with Crippen molar-refractivity contribution in [2.75, 3.05) is 5.32 Å². The van der Waals surface area contributed by atoms with Gasteiger partial charge in [0.1, 0.15) is 16.5 Å². The minimum atomic E-state index is -0.517. The van der Waals surface area contributed by atoms with Crippen LogP contribution in [-0.2, 0) is 13.6 Å². The molecular weight excluding hydrogens is 481 g/mol. The summed E-state index contributed by atoms with van der Waals surface area (Å²) in [5, 5.41) is 16.1. The van der Waals surface area contributed by atoms with E-state index in [0.717, 1.165) is 36.1 Å². The summed E-state index contributed by atoms with van der Waals surface area (Å²) in [6.45, 7) is 0.410. The molecule has 192 valence electrons. The number of hydrogen-bond donors (Lipinski definition) is 3. The number of nitrogens with one attached hydrogen (secondary N) is 3. The Morgan fingerprint density at radius 3 is 2.61 bits per heavy atom. The average molecular weight is 510 g/mol. The molecule has 1 fully saturated rings. The molecule has 9 heteroatoms. The van der Waals surface area contributed by atoms with Gasteiger partial charge in [-0.05, 0) is 49.1 Å². The fourth-order valence-electron chi connectivity index (χ4n) is 5.36. The smallest absolute Gasteiger partial charge is 0.267 e. The molecule has 6 rings (SSSR count). The molecule has 0 radical (unpaired) electrons. The number of pyridine rings is 1. The lowest BCUT2D eigenvalue weighted by Crippen LogP contribution is -2.59. The Balaban J connectivity index is 1.40. The van der Waals surface area contributed by atoms with E-state index in [1.807, 2.05) is 59.2 Å². The summed E-state index contributed by atoms with van der Waals surface area (Å²) < 4.78 is 17.0. The van der Waals surface area contributed by atoms with Crippen LogP contribution in [0.4, 0.5) is 10.1 Å². The first-order chi connectivity index (χ1) is 18.5. The third-order valence-electron chi connectivity index (χ3n) is 7.30. The molecule has 2 aromatic heterocycles. The molecule has 0 saturated heterocycles. The van der Waals surface area contributed by atoms with Crippen molar-refractivity contribution >= 4 is 11.5 Å². The largest absolute Gasteiger partial charge is 0.367 e. The fraction of sp³-hybridized carbons (Fsp3) is 0.241. The van der Waals surface area contributed by atoms with Crippen molar-refractivity contribution < 1.29 is 4.39 Å². The van der Waals surface area contributed by atoms with E-state index < -0.39 is 5.95 Å². The monoisotopic (exact) mass is 509 g/mol. The number of anilines is 1. The number of para-hydroxylation sites is 1. The molecule has 8 nitrogen and oxygen atoms in total. The summed E-state index contributed by atoms with van der Waals surface area (Å²) in [6.07, 6.45) is 3.01. The normalized spacial score (nSPS) is 18.4. The van der Waals surface area contributed by atoms with E-state index in [-0.39, 0.29) is 28.3 Å². The summed E-state index contributed by atoms with van der Waals surface area (Å²) in [5.74, 6) is -0.0504. The number of nitrogens with zero attached hydrogens (tertiary/aromatic N) is 4. The third-order valence-corrected chi connectivity index (χ3v) is 7.30. The molecule has 38 heavy (non-hydrogen) atoms. The number of benzene rings is 2. The van der Waals surface area contributed by atoms with E-state index in [1.54, 1.807) is 23.7 Å². The van der Waals surface area contributed by atoms with Crippen LogP contribution in [0.3, 0.4) is 0 Å². The maximum absolute atomic E-state index is 13.6. The van der Waals surface area contributed by atoms with Gasteiger partial charge in [0.2, 0.25) is 11.6 Å². The minimum absolute atomic E-state index is 0.116. The number of rotatable bonds is 6. The van der Waals surface area contributed by atoms with E-state index >= 15 is 0 Å². The summed E-state index contributed by atoms with van der Waals surface area (Å²) in [7, 11) is 1.72. The second-order valence-corrected chi connectivity index (χ2v) is 9.71. The standard InChI is InChI=1S/C29H28FN7O/c1-36-28(38)25(26(31)37-23-11-5-10-22(23)35-29(36)37)27(33-20-7-3-2-4-8-20)32-17-18-13-15-19(16-14-18)21-9-6-12-24(30)34-21/h2-4,6-9,12-16,22-23,31-33H,5,10-11,17H2,1H3/t22-,23+/m1/s1. The van der Waals surface area contributed by atoms with Gasteiger partial charge in [-0.3, -0.25) is 19.3 Å². The Morgan fingerprint density at radius 2 is 1.84 bits per heavy atom. The second kappa shape index (κ2) is 9.74. The lowest BCUT2D eigenvalue weighted by Gasteiger charge is -2.17. The van der Waals surface area contributed by atoms with Crippen LogP contribution >= 0.6 is 0 Å². The number of halogens is 1. The maximum Gasteiger partial charge on any atom is 0.267 e. The molecule has 2 aromatic carbocycles.